The Balaban J connectivity index is 2.59. The topological polar surface area (TPSA) is 109 Å². The van der Waals surface area contributed by atoms with Crippen LogP contribution in [0.5, 0.6) is 0 Å². The second kappa shape index (κ2) is 19.7. The molecule has 0 bridgehead atoms. The molecule has 4 rings (SSSR count). The summed E-state index contributed by atoms with van der Waals surface area (Å²) in [7, 11) is 42.2. The van der Waals surface area contributed by atoms with E-state index in [2.05, 4.69) is 227 Å². The van der Waals surface area contributed by atoms with Gasteiger partial charge in [-0.1, -0.05) is 0 Å². The van der Waals surface area contributed by atoms with Crippen molar-refractivity contribution < 1.29 is 4.89 Å². The van der Waals surface area contributed by atoms with Crippen LogP contribution in [0, 0.1) is 0 Å². The maximum absolute atomic E-state index is 15.6. The van der Waals surface area contributed by atoms with Gasteiger partial charge in [0.1, 0.15) is 0 Å². The molecule has 4 heterocycles. The van der Waals surface area contributed by atoms with Crippen molar-refractivity contribution >= 4 is 61.5 Å². The minimum absolute atomic E-state index is 0.616. The molecule has 4 atom stereocenters. The van der Waals surface area contributed by atoms with E-state index in [1.807, 2.05) is 0 Å². The van der Waals surface area contributed by atoms with Gasteiger partial charge in [-0.3, -0.25) is 0 Å². The normalized spacial score (nSPS) is 30.0. The molecule has 0 aromatic heterocycles. The van der Waals surface area contributed by atoms with Crippen LogP contribution >= 0.6 is 39.7 Å². The Labute approximate surface area is 384 Å². The van der Waals surface area contributed by atoms with Gasteiger partial charge in [0, 0.05) is 0 Å². The molecule has 4 unspecified atom stereocenters. The first-order valence-electron chi connectivity index (χ1n) is 21.8. The Morgan fingerprint density at radius 3 is 0.581 bits per heavy atom. The SMILES string of the molecule is CN(C)P1CCC(N(C)C)(N(C)C)C1=NP(O)(N=C1P(N(C)C)CCC1(N(C)C)N(C)C)(N=C1P(N(C)C)CCC1(N(C)C)N(C)C)N=C1P(N(C)C)CCC1(N(C)C)N(C)C. The number of hydrogen-bond acceptors (Lipinski definition) is 17. The molecule has 4 saturated heterocycles. The van der Waals surface area contributed by atoms with Crippen LogP contribution in [0.15, 0.2) is 19.1 Å². The zero-order valence-corrected chi connectivity index (χ0v) is 48.0. The van der Waals surface area contributed by atoms with E-state index in [0.29, 0.717) is 0 Å². The third kappa shape index (κ3) is 9.15. The standard InChI is InChI=1S/C40H89N16OP5/c1-45(2)37(46(3)4)25-29-58(53(17)18)33(37)41-62(57,42-34-38(47(5)6,48(7)8)26-30-59(34)54(19)20,43-35-39(49(9)10,50(11)12)27-31-60(35)55(21)22)44-36-40(51(13)14,52(15)16)28-32-61(36)56(23)24/h57H,25-32H2,1-24H3. The number of nitrogens with zero attached hydrogens (tertiary/aromatic N) is 16. The molecule has 1 N–H and O–H groups in total. The van der Waals surface area contributed by atoms with Gasteiger partial charge in [-0.2, -0.15) is 0 Å². The van der Waals surface area contributed by atoms with Crippen LogP contribution in [0.2, 0.25) is 0 Å². The van der Waals surface area contributed by atoms with E-state index in [0.717, 1.165) is 72.1 Å². The average Bonchev–Trinajstić information content (AvgIpc) is 3.89. The molecule has 0 amide bonds. The molecule has 62 heavy (non-hydrogen) atoms. The fourth-order valence-corrected chi connectivity index (χ4v) is 26.2. The van der Waals surface area contributed by atoms with Crippen molar-refractivity contribution in [1.29, 1.82) is 0 Å². The summed E-state index contributed by atoms with van der Waals surface area (Å²) < 4.78 is 34.0. The fraction of sp³-hybridized carbons (Fsp3) is 0.900. The van der Waals surface area contributed by atoms with E-state index < -0.39 is 62.4 Å². The van der Waals surface area contributed by atoms with Crippen LogP contribution < -0.4 is 0 Å². The van der Waals surface area contributed by atoms with Crippen molar-refractivity contribution in [1.82, 2.24) is 57.9 Å². The summed E-state index contributed by atoms with van der Waals surface area (Å²) in [5, 5.41) is 0. The van der Waals surface area contributed by atoms with E-state index in [1.165, 1.54) is 0 Å². The van der Waals surface area contributed by atoms with Crippen molar-refractivity contribution in [2.75, 3.05) is 194 Å². The van der Waals surface area contributed by atoms with E-state index in [1.54, 1.807) is 0 Å². The molecule has 0 saturated carbocycles. The summed E-state index contributed by atoms with van der Waals surface area (Å²) in [6.45, 7) is 0. The summed E-state index contributed by atoms with van der Waals surface area (Å²) in [4.78, 5) is 34.0. The van der Waals surface area contributed by atoms with Crippen LogP contribution in [0.4, 0.5) is 0 Å². The quantitative estimate of drug-likeness (QED) is 0.175. The van der Waals surface area contributed by atoms with Gasteiger partial charge in [0.15, 0.2) is 0 Å². The summed E-state index contributed by atoms with van der Waals surface area (Å²) >= 11 is 0. The Morgan fingerprint density at radius 2 is 0.468 bits per heavy atom. The summed E-state index contributed by atoms with van der Waals surface area (Å²) in [5.41, 5.74) is 1.25. The molecule has 0 aromatic carbocycles. The van der Waals surface area contributed by atoms with Gasteiger partial charge in [-0.05, 0) is 0 Å². The van der Waals surface area contributed by atoms with Crippen LogP contribution in [0.3, 0.4) is 0 Å². The molecule has 360 valence electrons. The Hall–Kier alpha value is 0.310. The van der Waals surface area contributed by atoms with Crippen LogP contribution in [-0.2, 0) is 0 Å². The van der Waals surface area contributed by atoms with Gasteiger partial charge >= 0.3 is 385 Å². The number of rotatable bonds is 16. The zero-order valence-electron chi connectivity index (χ0n) is 43.5. The molecule has 4 fully saturated rings. The molecule has 0 radical (unpaired) electrons. The monoisotopic (exact) mass is 965 g/mol. The predicted octanol–water partition coefficient (Wildman–Crippen LogP) is 4.43. The third-order valence-corrected chi connectivity index (χ3v) is 27.1. The molecule has 4 aliphatic heterocycles. The molecule has 22 heteroatoms. The Morgan fingerprint density at radius 1 is 0.323 bits per heavy atom. The van der Waals surface area contributed by atoms with Crippen molar-refractivity contribution in [2.45, 2.75) is 48.3 Å². The van der Waals surface area contributed by atoms with Gasteiger partial charge in [0.2, 0.25) is 0 Å². The first-order chi connectivity index (χ1) is 28.4. The van der Waals surface area contributed by atoms with E-state index in [4.69, 9.17) is 19.1 Å². The minimum atomic E-state index is -5.59. The molecule has 17 nitrogen and oxygen atoms in total. The third-order valence-electron chi connectivity index (χ3n) is 14.0. The van der Waals surface area contributed by atoms with Gasteiger partial charge in [-0.25, -0.2) is 0 Å². The van der Waals surface area contributed by atoms with Crippen LogP contribution in [-0.4, -0.2) is 301 Å². The fourth-order valence-electron chi connectivity index (χ4n) is 10.6. The summed E-state index contributed by atoms with van der Waals surface area (Å²) in [5.74, 6) is 0. The van der Waals surface area contributed by atoms with E-state index in [9.17, 15) is 0 Å². The first-order valence-corrected chi connectivity index (χ1v) is 29.7. The second-order valence-corrected chi connectivity index (χ2v) is 32.4. The van der Waals surface area contributed by atoms with Gasteiger partial charge in [-0.15, -0.1) is 0 Å². The molecular weight excluding hydrogens is 875 g/mol. The van der Waals surface area contributed by atoms with Gasteiger partial charge in [0.25, 0.3) is 0 Å². The van der Waals surface area contributed by atoms with Gasteiger partial charge < -0.3 is 0 Å². The van der Waals surface area contributed by atoms with Crippen molar-refractivity contribution in [2.24, 2.45) is 19.1 Å². The number of hydrogen-bond donors (Lipinski definition) is 1. The zero-order chi connectivity index (χ0) is 47.5. The Kier molecular flexibility index (Phi) is 17.5. The summed E-state index contributed by atoms with van der Waals surface area (Å²) in [6.07, 6.45) is 7.09. The van der Waals surface area contributed by atoms with Crippen LogP contribution in [0.25, 0.3) is 0 Å². The van der Waals surface area contributed by atoms with Crippen molar-refractivity contribution in [3.05, 3.63) is 0 Å². The maximum atomic E-state index is 15.6. The molecule has 0 aliphatic carbocycles. The van der Waals surface area contributed by atoms with Crippen molar-refractivity contribution in [3.8, 4) is 0 Å². The van der Waals surface area contributed by atoms with Crippen LogP contribution in [0.1, 0.15) is 25.7 Å². The van der Waals surface area contributed by atoms with Gasteiger partial charge in [0.05, 0.1) is 0 Å². The Bertz CT molecular complexity index is 1440. The summed E-state index contributed by atoms with van der Waals surface area (Å²) in [6, 6.07) is 0. The first kappa shape index (κ1) is 54.9. The molecule has 0 aromatic rings. The molecule has 0 spiro atoms. The molecular formula is C40H89N16OP5. The second-order valence-electron chi connectivity index (χ2n) is 19.9. The van der Waals surface area contributed by atoms with E-state index in [-0.39, 0.29) is 0 Å². The van der Waals surface area contributed by atoms with Crippen molar-refractivity contribution in [3.63, 3.8) is 0 Å². The van der Waals surface area contributed by atoms with E-state index >= 15 is 4.89 Å². The predicted molar refractivity (Wildman–Crippen MR) is 280 cm³/mol. The molecule has 4 aliphatic rings. The average molecular weight is 965 g/mol.